The maximum atomic E-state index is 7.09. The summed E-state index contributed by atoms with van der Waals surface area (Å²) in [6, 6.07) is 88.3. The van der Waals surface area contributed by atoms with Crippen molar-refractivity contribution in [2.45, 2.75) is 0 Å². The van der Waals surface area contributed by atoms with Crippen molar-refractivity contribution in [2.75, 3.05) is 4.90 Å². The normalized spacial score (nSPS) is 11.9. The van der Waals surface area contributed by atoms with Crippen molar-refractivity contribution in [3.05, 3.63) is 243 Å². The molecule has 0 aliphatic rings. The number of anilines is 3. The molecule has 71 heavy (non-hydrogen) atoms. The molecule has 0 amide bonds. The van der Waals surface area contributed by atoms with E-state index in [2.05, 4.69) is 252 Å². The average molecular weight is 941 g/mol. The van der Waals surface area contributed by atoms with Gasteiger partial charge < -0.3 is 13.9 Å². The predicted octanol–water partition coefficient (Wildman–Crippen LogP) is 19.9. The van der Waals surface area contributed by atoms with Crippen molar-refractivity contribution < 1.29 is 4.42 Å². The molecule has 0 aliphatic heterocycles. The van der Waals surface area contributed by atoms with E-state index in [4.69, 9.17) is 4.42 Å². The third kappa shape index (κ3) is 6.27. The molecular weight excluding hydrogens is 901 g/mol. The second kappa shape index (κ2) is 15.9. The summed E-state index contributed by atoms with van der Waals surface area (Å²) < 4.78 is 14.7. The van der Waals surface area contributed by atoms with Crippen LogP contribution in [0.15, 0.2) is 247 Å². The summed E-state index contributed by atoms with van der Waals surface area (Å²) in [4.78, 5) is 2.37. The van der Waals surface area contributed by atoms with Gasteiger partial charge in [0.25, 0.3) is 0 Å². The first kappa shape index (κ1) is 40.2. The van der Waals surface area contributed by atoms with E-state index in [1.54, 1.807) is 0 Å². The van der Waals surface area contributed by atoms with Gasteiger partial charge in [-0.1, -0.05) is 164 Å². The molecular formula is C66H40N2OS2. The van der Waals surface area contributed by atoms with Gasteiger partial charge in [-0.3, -0.25) is 0 Å². The Labute approximate surface area is 416 Å². The van der Waals surface area contributed by atoms with Crippen molar-refractivity contribution >= 4 is 124 Å². The van der Waals surface area contributed by atoms with Gasteiger partial charge in [-0.15, -0.1) is 22.7 Å². The van der Waals surface area contributed by atoms with Crippen LogP contribution in [0.5, 0.6) is 0 Å². The summed E-state index contributed by atoms with van der Waals surface area (Å²) in [6.07, 6.45) is 0. The van der Waals surface area contributed by atoms with Gasteiger partial charge in [0.2, 0.25) is 0 Å². The Kier molecular flexibility index (Phi) is 9.00. The van der Waals surface area contributed by atoms with Crippen molar-refractivity contribution in [1.82, 2.24) is 4.57 Å². The molecule has 15 rings (SSSR count). The Morgan fingerprint density at radius 3 is 1.34 bits per heavy atom. The molecule has 0 bridgehead atoms. The number of rotatable bonds is 7. The predicted molar refractivity (Wildman–Crippen MR) is 305 cm³/mol. The minimum Gasteiger partial charge on any atom is -0.455 e. The third-order valence-electron chi connectivity index (χ3n) is 14.4. The first-order chi connectivity index (χ1) is 35.2. The van der Waals surface area contributed by atoms with Gasteiger partial charge in [-0.05, 0) is 107 Å². The highest BCUT2D eigenvalue weighted by atomic mass is 32.1. The molecule has 0 unspecified atom stereocenters. The van der Waals surface area contributed by atoms with Crippen molar-refractivity contribution in [3.8, 4) is 39.1 Å². The lowest BCUT2D eigenvalue weighted by Gasteiger charge is -2.26. The smallest absolute Gasteiger partial charge is 0.145 e. The van der Waals surface area contributed by atoms with Crippen molar-refractivity contribution in [3.63, 3.8) is 0 Å². The molecule has 0 fully saturated rings. The minimum absolute atomic E-state index is 0.893. The van der Waals surface area contributed by atoms with Gasteiger partial charge in [0.15, 0.2) is 0 Å². The fourth-order valence-corrected chi connectivity index (χ4v) is 13.6. The number of benzene rings is 11. The summed E-state index contributed by atoms with van der Waals surface area (Å²) in [5.41, 5.74) is 15.6. The summed E-state index contributed by atoms with van der Waals surface area (Å²) in [6.45, 7) is 0. The van der Waals surface area contributed by atoms with Gasteiger partial charge in [0.1, 0.15) is 11.2 Å². The zero-order valence-corrected chi connectivity index (χ0v) is 39.8. The highest BCUT2D eigenvalue weighted by Crippen LogP contribution is 2.46. The van der Waals surface area contributed by atoms with E-state index in [9.17, 15) is 0 Å². The monoisotopic (exact) mass is 940 g/mol. The number of nitrogens with zero attached hydrogens (tertiary/aromatic N) is 2. The van der Waals surface area contributed by atoms with Crippen LogP contribution in [-0.2, 0) is 0 Å². The van der Waals surface area contributed by atoms with Crippen LogP contribution >= 0.6 is 22.7 Å². The Morgan fingerprint density at radius 2 is 0.761 bits per heavy atom. The molecule has 0 radical (unpaired) electrons. The number of aromatic nitrogens is 1. The topological polar surface area (TPSA) is 21.3 Å². The first-order valence-corrected chi connectivity index (χ1v) is 25.7. The van der Waals surface area contributed by atoms with Crippen LogP contribution in [0.1, 0.15) is 0 Å². The standard InChI is InChI=1S/C66H40N2OS2/c1-2-13-44(14-3-1)68-58-24-7-4-17-57(58)62-59(68)40-39-54-53-21-10-18-48(63(53)69-64(54)62)41-27-33-45(34-28-41)67(46-35-29-42(30-36-46)49-19-11-22-55-51-15-5-8-25-60(51)70-65(49)55)47-37-31-43(32-38-47)50-20-12-23-56-52-16-6-9-26-61(52)71-66(50)56/h1-40H. The molecule has 15 aromatic rings. The van der Waals surface area contributed by atoms with E-state index in [0.717, 1.165) is 72.2 Å². The Hall–Kier alpha value is -8.74. The maximum absolute atomic E-state index is 7.09. The van der Waals surface area contributed by atoms with Crippen molar-refractivity contribution in [1.29, 1.82) is 0 Å². The van der Waals surface area contributed by atoms with E-state index >= 15 is 0 Å². The number of furan rings is 1. The largest absolute Gasteiger partial charge is 0.455 e. The molecule has 11 aromatic carbocycles. The first-order valence-electron chi connectivity index (χ1n) is 24.1. The van der Waals surface area contributed by atoms with Crippen LogP contribution in [-0.4, -0.2) is 4.57 Å². The number of fused-ring (bicyclic) bond motifs is 13. The fourth-order valence-electron chi connectivity index (χ4n) is 11.2. The highest BCUT2D eigenvalue weighted by molar-refractivity contribution is 7.26. The van der Waals surface area contributed by atoms with Crippen LogP contribution in [0.2, 0.25) is 0 Å². The highest BCUT2D eigenvalue weighted by Gasteiger charge is 2.21. The second-order valence-electron chi connectivity index (χ2n) is 18.3. The number of hydrogen-bond donors (Lipinski definition) is 0. The molecule has 0 N–H and O–H groups in total. The van der Waals surface area contributed by atoms with Gasteiger partial charge >= 0.3 is 0 Å². The van der Waals surface area contributed by atoms with Gasteiger partial charge in [0.05, 0.1) is 16.4 Å². The van der Waals surface area contributed by atoms with Crippen LogP contribution in [0.3, 0.4) is 0 Å². The number of hydrogen-bond acceptors (Lipinski definition) is 4. The molecule has 5 heteroatoms. The van der Waals surface area contributed by atoms with Crippen LogP contribution in [0, 0.1) is 0 Å². The SMILES string of the molecule is c1ccc(-n2c3ccccc3c3c4oc5c(-c6ccc(N(c7ccc(-c8cccc9c8sc8ccccc89)cc7)c7ccc(-c8cccc9c8sc8ccccc89)cc7)cc6)cccc5c4ccc32)cc1. The Bertz CT molecular complexity index is 4400. The molecule has 3 nitrogen and oxygen atoms in total. The third-order valence-corrected chi connectivity index (χ3v) is 16.9. The number of para-hydroxylation sites is 3. The molecule has 0 saturated heterocycles. The maximum Gasteiger partial charge on any atom is 0.145 e. The molecule has 0 atom stereocenters. The molecule has 0 aliphatic carbocycles. The van der Waals surface area contributed by atoms with Crippen molar-refractivity contribution in [2.24, 2.45) is 0 Å². The Balaban J connectivity index is 0.844. The van der Waals surface area contributed by atoms with Crippen LogP contribution in [0.4, 0.5) is 17.1 Å². The van der Waals surface area contributed by atoms with E-state index in [-0.39, 0.29) is 0 Å². The molecule has 332 valence electrons. The summed E-state index contributed by atoms with van der Waals surface area (Å²) >= 11 is 3.75. The summed E-state index contributed by atoms with van der Waals surface area (Å²) in [5, 5.41) is 9.78. The van der Waals surface area contributed by atoms with Crippen LogP contribution < -0.4 is 4.90 Å². The minimum atomic E-state index is 0.893. The zero-order valence-electron chi connectivity index (χ0n) is 38.2. The molecule has 0 spiro atoms. The number of thiophene rings is 2. The molecule has 0 saturated carbocycles. The fraction of sp³-hybridized carbons (Fsp3) is 0. The lowest BCUT2D eigenvalue weighted by Crippen LogP contribution is -2.09. The van der Waals surface area contributed by atoms with E-state index in [1.165, 1.54) is 68.0 Å². The second-order valence-corrected chi connectivity index (χ2v) is 20.5. The summed E-state index contributed by atoms with van der Waals surface area (Å²) in [5.74, 6) is 0. The lowest BCUT2D eigenvalue weighted by molar-refractivity contribution is 0.674. The van der Waals surface area contributed by atoms with E-state index in [0.29, 0.717) is 0 Å². The Morgan fingerprint density at radius 1 is 0.310 bits per heavy atom. The van der Waals surface area contributed by atoms with Crippen LogP contribution in [0.25, 0.3) is 123 Å². The average Bonchev–Trinajstić information content (AvgIpc) is 4.21. The van der Waals surface area contributed by atoms with E-state index in [1.807, 2.05) is 22.7 Å². The molecule has 4 heterocycles. The van der Waals surface area contributed by atoms with Gasteiger partial charge in [-0.25, -0.2) is 0 Å². The lowest BCUT2D eigenvalue weighted by atomic mass is 10.00. The van der Waals surface area contributed by atoms with Gasteiger partial charge in [0, 0.05) is 84.8 Å². The summed E-state index contributed by atoms with van der Waals surface area (Å²) in [7, 11) is 0. The quantitative estimate of drug-likeness (QED) is 0.159. The molecule has 4 aromatic heterocycles. The van der Waals surface area contributed by atoms with Gasteiger partial charge in [-0.2, -0.15) is 0 Å². The van der Waals surface area contributed by atoms with E-state index < -0.39 is 0 Å². The zero-order chi connectivity index (χ0) is 46.6.